The summed E-state index contributed by atoms with van der Waals surface area (Å²) in [6.07, 6.45) is 6.68. The Morgan fingerprint density at radius 3 is 2.57 bits per heavy atom. The number of aromatic nitrogens is 1. The van der Waals surface area contributed by atoms with Gasteiger partial charge < -0.3 is 29.4 Å². The maximum Gasteiger partial charge on any atom is 0.407 e. The molecule has 3 fully saturated rings. The lowest BCUT2D eigenvalue weighted by Crippen LogP contribution is -2.60. The molecule has 2 saturated carbocycles. The van der Waals surface area contributed by atoms with E-state index in [2.05, 4.69) is 26.9 Å². The molecule has 3 N–H and O–H groups in total. The second-order valence-corrected chi connectivity index (χ2v) is 15.4. The molecule has 254 valence electrons. The molecule has 4 amide bonds. The van der Waals surface area contributed by atoms with Gasteiger partial charge in [0, 0.05) is 36.2 Å². The minimum Gasteiger partial charge on any atom is -0.493 e. The number of pyridine rings is 1. The van der Waals surface area contributed by atoms with Crippen LogP contribution in [0.25, 0.3) is 11.3 Å². The van der Waals surface area contributed by atoms with Crippen LogP contribution in [-0.2, 0) is 29.1 Å². The van der Waals surface area contributed by atoms with Gasteiger partial charge in [0.25, 0.3) is 5.91 Å². The first-order valence-corrected chi connectivity index (χ1v) is 17.0. The van der Waals surface area contributed by atoms with Gasteiger partial charge in [-0.05, 0) is 43.2 Å². The molecule has 0 radical (unpaired) electrons. The SMILES string of the molecule is C=CC1C[C@]1(NC(=O)[C@@H]1C[C@@H](COc2ccnc(-c3ccoc3)c2)CN1C(=O)[C@@H](NC(=O)OC)C(C)(C)C)C(=O)NS(=O)(=O)C1CC1. The second kappa shape index (κ2) is 13.0. The first-order chi connectivity index (χ1) is 22.2. The molecular formula is C32H41N5O9S. The number of nitrogens with one attached hydrogen (secondary N) is 3. The van der Waals surface area contributed by atoms with Crippen LogP contribution < -0.4 is 20.1 Å². The summed E-state index contributed by atoms with van der Waals surface area (Å²) in [7, 11) is -2.68. The number of hydrogen-bond acceptors (Lipinski definition) is 10. The van der Waals surface area contributed by atoms with Crippen molar-refractivity contribution in [3.63, 3.8) is 0 Å². The Bertz CT molecular complexity index is 1630. The van der Waals surface area contributed by atoms with Crippen molar-refractivity contribution in [3.05, 3.63) is 49.6 Å². The van der Waals surface area contributed by atoms with Crippen LogP contribution in [0.4, 0.5) is 4.79 Å². The van der Waals surface area contributed by atoms with Gasteiger partial charge in [-0.2, -0.15) is 0 Å². The number of alkyl carbamates (subject to hydrolysis) is 1. The molecule has 3 heterocycles. The van der Waals surface area contributed by atoms with Crippen LogP contribution in [0, 0.1) is 17.3 Å². The number of hydrogen-bond donors (Lipinski definition) is 3. The van der Waals surface area contributed by atoms with Gasteiger partial charge in [-0.25, -0.2) is 13.2 Å². The summed E-state index contributed by atoms with van der Waals surface area (Å²) in [5, 5.41) is 4.74. The third kappa shape index (κ3) is 7.45. The van der Waals surface area contributed by atoms with Crippen LogP contribution in [0.5, 0.6) is 5.75 Å². The van der Waals surface area contributed by atoms with Gasteiger partial charge in [-0.1, -0.05) is 26.8 Å². The highest BCUT2D eigenvalue weighted by Crippen LogP contribution is 2.45. The molecule has 5 rings (SSSR count). The van der Waals surface area contributed by atoms with E-state index in [0.717, 1.165) is 5.56 Å². The highest BCUT2D eigenvalue weighted by atomic mass is 32.2. The number of furan rings is 1. The molecular weight excluding hydrogens is 630 g/mol. The zero-order chi connectivity index (χ0) is 34.1. The monoisotopic (exact) mass is 671 g/mol. The molecule has 2 aliphatic carbocycles. The maximum atomic E-state index is 14.1. The van der Waals surface area contributed by atoms with Crippen LogP contribution in [0.2, 0.25) is 0 Å². The summed E-state index contributed by atoms with van der Waals surface area (Å²) in [5.41, 5.74) is -0.855. The van der Waals surface area contributed by atoms with E-state index in [-0.39, 0.29) is 31.9 Å². The third-order valence-corrected chi connectivity index (χ3v) is 10.6. The van der Waals surface area contributed by atoms with E-state index in [4.69, 9.17) is 13.9 Å². The highest BCUT2D eigenvalue weighted by molar-refractivity contribution is 7.91. The van der Waals surface area contributed by atoms with Gasteiger partial charge in [-0.3, -0.25) is 24.1 Å². The molecule has 47 heavy (non-hydrogen) atoms. The number of ether oxygens (including phenoxy) is 2. The number of sulfonamides is 1. The summed E-state index contributed by atoms with van der Waals surface area (Å²) in [4.78, 5) is 59.4. The van der Waals surface area contributed by atoms with E-state index in [0.29, 0.717) is 24.3 Å². The molecule has 0 bridgehead atoms. The fourth-order valence-electron chi connectivity index (χ4n) is 5.83. The van der Waals surface area contributed by atoms with Crippen LogP contribution in [0.15, 0.2) is 54.0 Å². The molecule has 0 aromatic carbocycles. The van der Waals surface area contributed by atoms with Gasteiger partial charge in [0.1, 0.15) is 23.4 Å². The third-order valence-electron chi connectivity index (χ3n) is 8.82. The quantitative estimate of drug-likeness (QED) is 0.283. The summed E-state index contributed by atoms with van der Waals surface area (Å²) in [6.45, 7) is 9.33. The number of likely N-dealkylation sites (tertiary alicyclic amines) is 1. The summed E-state index contributed by atoms with van der Waals surface area (Å²) < 4.78 is 43.3. The van der Waals surface area contributed by atoms with Crippen molar-refractivity contribution in [2.45, 2.75) is 69.3 Å². The fourth-order valence-corrected chi connectivity index (χ4v) is 7.19. The lowest BCUT2D eigenvalue weighted by Gasteiger charge is -2.35. The van der Waals surface area contributed by atoms with Crippen LogP contribution in [0.1, 0.15) is 46.5 Å². The number of nitrogens with zero attached hydrogens (tertiary/aromatic N) is 2. The Labute approximate surface area is 273 Å². The Hall–Kier alpha value is -4.40. The van der Waals surface area contributed by atoms with Crippen molar-refractivity contribution < 1.29 is 41.5 Å². The zero-order valence-electron chi connectivity index (χ0n) is 26.9. The molecule has 1 saturated heterocycles. The number of rotatable bonds is 12. The van der Waals surface area contributed by atoms with Crippen molar-refractivity contribution in [2.24, 2.45) is 17.3 Å². The molecule has 1 unspecified atom stereocenters. The molecule has 2 aromatic heterocycles. The van der Waals surface area contributed by atoms with Crippen LogP contribution >= 0.6 is 0 Å². The molecule has 3 aliphatic rings. The fraction of sp³-hybridized carbons (Fsp3) is 0.531. The molecule has 0 spiro atoms. The maximum absolute atomic E-state index is 14.1. The minimum absolute atomic E-state index is 0.117. The number of methoxy groups -OCH3 is 1. The van der Waals surface area contributed by atoms with Gasteiger partial charge in [0.2, 0.25) is 21.8 Å². The van der Waals surface area contributed by atoms with Gasteiger partial charge in [0.15, 0.2) is 0 Å². The summed E-state index contributed by atoms with van der Waals surface area (Å²) in [5.74, 6) is -2.24. The molecule has 5 atom stereocenters. The predicted molar refractivity (Wildman–Crippen MR) is 169 cm³/mol. The van der Waals surface area contributed by atoms with Crippen molar-refractivity contribution in [3.8, 4) is 17.0 Å². The number of carbonyl (C=O) groups is 4. The summed E-state index contributed by atoms with van der Waals surface area (Å²) >= 11 is 0. The molecule has 2 aromatic rings. The van der Waals surface area contributed by atoms with Crippen molar-refractivity contribution in [2.75, 3.05) is 20.3 Å². The van der Waals surface area contributed by atoms with Crippen molar-refractivity contribution >= 4 is 33.8 Å². The average Bonchev–Trinajstić information content (AvgIpc) is 3.89. The van der Waals surface area contributed by atoms with E-state index >= 15 is 0 Å². The zero-order valence-corrected chi connectivity index (χ0v) is 27.7. The van der Waals surface area contributed by atoms with E-state index in [1.54, 1.807) is 57.7 Å². The van der Waals surface area contributed by atoms with Gasteiger partial charge >= 0.3 is 6.09 Å². The Balaban J connectivity index is 1.36. The van der Waals surface area contributed by atoms with E-state index in [9.17, 15) is 27.6 Å². The lowest BCUT2D eigenvalue weighted by atomic mass is 9.85. The first-order valence-electron chi connectivity index (χ1n) is 15.5. The molecule has 15 heteroatoms. The van der Waals surface area contributed by atoms with Crippen LogP contribution in [0.3, 0.4) is 0 Å². The van der Waals surface area contributed by atoms with Gasteiger partial charge in [0.05, 0.1) is 37.2 Å². The highest BCUT2D eigenvalue weighted by Gasteiger charge is 2.62. The minimum atomic E-state index is -3.87. The Morgan fingerprint density at radius 1 is 1.23 bits per heavy atom. The topological polar surface area (TPSA) is 186 Å². The van der Waals surface area contributed by atoms with Crippen molar-refractivity contribution in [1.82, 2.24) is 25.2 Å². The number of carbonyl (C=O) groups excluding carboxylic acids is 4. The van der Waals surface area contributed by atoms with E-state index in [1.807, 2.05) is 0 Å². The van der Waals surface area contributed by atoms with E-state index < -0.39 is 68.0 Å². The second-order valence-electron chi connectivity index (χ2n) is 13.4. The van der Waals surface area contributed by atoms with Gasteiger partial charge in [-0.15, -0.1) is 6.58 Å². The molecule has 14 nitrogen and oxygen atoms in total. The standard InChI is InChI=1S/C32H41N5O9S/c1-6-21-15-32(21,29(40)36-47(42,43)23-7-8-23)35-27(38)25-13-19(16-37(25)28(39)26(31(2,3)4)34-30(41)44-5)17-46-22-9-11-33-24(14-22)20-10-12-45-18-20/h6,9-12,14,18-19,21,23,25-26H,1,7-8,13,15-17H2,2-5H3,(H,34,41)(H,35,38)(H,36,40)/t19-,21?,25+,26-,32-/m1/s1. The lowest BCUT2D eigenvalue weighted by molar-refractivity contribution is -0.142. The average molecular weight is 672 g/mol. The van der Waals surface area contributed by atoms with Crippen molar-refractivity contribution in [1.29, 1.82) is 0 Å². The Morgan fingerprint density at radius 2 is 1.98 bits per heavy atom. The normalized spacial score (nSPS) is 24.5. The smallest absolute Gasteiger partial charge is 0.407 e. The molecule has 1 aliphatic heterocycles. The largest absolute Gasteiger partial charge is 0.493 e. The first kappa shape index (κ1) is 33.9. The Kier molecular flexibility index (Phi) is 9.40. The van der Waals surface area contributed by atoms with E-state index in [1.165, 1.54) is 18.1 Å². The number of amides is 4. The predicted octanol–water partition coefficient (Wildman–Crippen LogP) is 2.38. The van der Waals surface area contributed by atoms with Crippen LogP contribution in [-0.4, -0.2) is 85.3 Å². The summed E-state index contributed by atoms with van der Waals surface area (Å²) in [6, 6.07) is 3.13.